The van der Waals surface area contributed by atoms with E-state index in [9.17, 15) is 4.79 Å². The first-order chi connectivity index (χ1) is 10.6. The van der Waals surface area contributed by atoms with E-state index in [0.717, 1.165) is 22.6 Å². The molecule has 1 amide bonds. The number of aryl methyl sites for hydroxylation is 2. The van der Waals surface area contributed by atoms with Crippen LogP contribution in [-0.2, 0) is 13.1 Å². The van der Waals surface area contributed by atoms with Gasteiger partial charge >= 0.3 is 0 Å². The number of carbonyl (C=O) groups is 1. The van der Waals surface area contributed by atoms with Crippen LogP contribution in [0.25, 0.3) is 11.0 Å². The van der Waals surface area contributed by atoms with Gasteiger partial charge in [-0.1, -0.05) is 0 Å². The van der Waals surface area contributed by atoms with Crippen molar-refractivity contribution in [1.29, 1.82) is 0 Å². The maximum atomic E-state index is 12.4. The Labute approximate surface area is 128 Å². The van der Waals surface area contributed by atoms with Crippen molar-refractivity contribution in [3.05, 3.63) is 58.7 Å². The Bertz CT molecular complexity index is 858. The molecule has 0 bridgehead atoms. The predicted octanol–water partition coefficient (Wildman–Crippen LogP) is 2.73. The van der Waals surface area contributed by atoms with Crippen molar-refractivity contribution in [2.24, 2.45) is 0 Å². The Morgan fingerprint density at radius 2 is 2.09 bits per heavy atom. The topological polar surface area (TPSA) is 61.9 Å². The Balaban J connectivity index is 1.64. The highest BCUT2D eigenvalue weighted by Crippen LogP contribution is 2.23. The van der Waals surface area contributed by atoms with Crippen molar-refractivity contribution in [2.45, 2.75) is 26.9 Å². The summed E-state index contributed by atoms with van der Waals surface area (Å²) in [6.45, 7) is 5.18. The van der Waals surface area contributed by atoms with E-state index in [1.165, 1.54) is 11.1 Å². The molecule has 0 atom stereocenters. The molecule has 22 heavy (non-hydrogen) atoms. The molecule has 5 heteroatoms. The van der Waals surface area contributed by atoms with Gasteiger partial charge in [0.25, 0.3) is 5.91 Å². The van der Waals surface area contributed by atoms with Crippen molar-refractivity contribution in [1.82, 2.24) is 19.9 Å². The third-order valence-electron chi connectivity index (χ3n) is 4.24. The molecule has 5 nitrogen and oxygen atoms in total. The molecule has 1 aliphatic rings. The van der Waals surface area contributed by atoms with Crippen LogP contribution < -0.4 is 0 Å². The molecule has 2 aromatic heterocycles. The number of nitrogens with one attached hydrogen (secondary N) is 1. The molecule has 110 valence electrons. The number of pyridine rings is 1. The van der Waals surface area contributed by atoms with E-state index >= 15 is 0 Å². The minimum atomic E-state index is 0.0240. The maximum Gasteiger partial charge on any atom is 0.256 e. The largest absolute Gasteiger partial charge is 0.340 e. The van der Waals surface area contributed by atoms with Gasteiger partial charge in [0.15, 0.2) is 0 Å². The van der Waals surface area contributed by atoms with Crippen molar-refractivity contribution in [3.63, 3.8) is 0 Å². The van der Waals surface area contributed by atoms with Crippen LogP contribution in [0.15, 0.2) is 30.5 Å². The number of fused-ring (bicyclic) bond motifs is 2. The predicted molar refractivity (Wildman–Crippen MR) is 83.4 cm³/mol. The van der Waals surface area contributed by atoms with Gasteiger partial charge < -0.3 is 9.88 Å². The van der Waals surface area contributed by atoms with Crippen LogP contribution in [0.2, 0.25) is 0 Å². The fourth-order valence-corrected chi connectivity index (χ4v) is 2.89. The zero-order valence-electron chi connectivity index (χ0n) is 12.6. The van der Waals surface area contributed by atoms with E-state index in [2.05, 4.69) is 40.9 Å². The van der Waals surface area contributed by atoms with Crippen molar-refractivity contribution < 1.29 is 4.79 Å². The summed E-state index contributed by atoms with van der Waals surface area (Å²) in [5, 5.41) is 0. The van der Waals surface area contributed by atoms with Crippen LogP contribution in [-0.4, -0.2) is 25.8 Å². The van der Waals surface area contributed by atoms with Crippen molar-refractivity contribution >= 4 is 16.9 Å². The van der Waals surface area contributed by atoms with Crippen LogP contribution in [0.1, 0.15) is 33.0 Å². The van der Waals surface area contributed by atoms with Crippen LogP contribution in [0, 0.1) is 13.8 Å². The van der Waals surface area contributed by atoms with Crippen LogP contribution in [0.4, 0.5) is 0 Å². The highest BCUT2D eigenvalue weighted by atomic mass is 16.2. The molecule has 0 saturated carbocycles. The first-order valence-electron chi connectivity index (χ1n) is 7.31. The lowest BCUT2D eigenvalue weighted by molar-refractivity contribution is 0.0762. The van der Waals surface area contributed by atoms with Crippen molar-refractivity contribution in [3.8, 4) is 0 Å². The highest BCUT2D eigenvalue weighted by molar-refractivity contribution is 5.97. The Morgan fingerprint density at radius 3 is 2.91 bits per heavy atom. The number of rotatable bonds is 2. The van der Waals surface area contributed by atoms with E-state index in [0.29, 0.717) is 18.7 Å². The molecule has 4 rings (SSSR count). The van der Waals surface area contributed by atoms with E-state index in [1.54, 1.807) is 17.2 Å². The molecule has 0 aliphatic carbocycles. The second-order valence-corrected chi connectivity index (χ2v) is 5.80. The van der Waals surface area contributed by atoms with Gasteiger partial charge in [-0.3, -0.25) is 9.78 Å². The fourth-order valence-electron chi connectivity index (χ4n) is 2.89. The second kappa shape index (κ2) is 4.66. The number of benzene rings is 1. The molecule has 3 heterocycles. The van der Waals surface area contributed by atoms with Gasteiger partial charge in [0, 0.05) is 6.20 Å². The number of aromatic nitrogens is 3. The van der Waals surface area contributed by atoms with Crippen LogP contribution >= 0.6 is 0 Å². The molecule has 0 radical (unpaired) electrons. The molecular weight excluding hydrogens is 276 g/mol. The normalized spacial score (nSPS) is 13.9. The average Bonchev–Trinajstić information content (AvgIpc) is 3.02. The first kappa shape index (κ1) is 13.0. The minimum Gasteiger partial charge on any atom is -0.340 e. The van der Waals surface area contributed by atoms with Crippen molar-refractivity contribution in [2.75, 3.05) is 0 Å². The summed E-state index contributed by atoms with van der Waals surface area (Å²) < 4.78 is 0. The number of carbonyl (C=O) groups excluding carboxylic acids is 1. The lowest BCUT2D eigenvalue weighted by Crippen LogP contribution is -2.23. The summed E-state index contributed by atoms with van der Waals surface area (Å²) in [5.74, 6) is 0.831. The molecule has 0 fully saturated rings. The molecule has 1 aromatic carbocycles. The Hall–Kier alpha value is -2.69. The molecule has 3 aromatic rings. The number of hydrogen-bond donors (Lipinski definition) is 1. The number of hydrogen-bond acceptors (Lipinski definition) is 3. The minimum absolute atomic E-state index is 0.0240. The van der Waals surface area contributed by atoms with Gasteiger partial charge in [0.05, 0.1) is 35.4 Å². The van der Waals surface area contributed by atoms with Crippen LogP contribution in [0.3, 0.4) is 0 Å². The smallest absolute Gasteiger partial charge is 0.256 e. The zero-order chi connectivity index (χ0) is 15.3. The van der Waals surface area contributed by atoms with E-state index < -0.39 is 0 Å². The first-order valence-corrected chi connectivity index (χ1v) is 7.31. The summed E-state index contributed by atoms with van der Waals surface area (Å²) >= 11 is 0. The van der Waals surface area contributed by atoms with Gasteiger partial charge in [-0.05, 0) is 49.2 Å². The summed E-state index contributed by atoms with van der Waals surface area (Å²) in [6.07, 6.45) is 1.72. The quantitative estimate of drug-likeness (QED) is 0.790. The number of H-pyrrole nitrogens is 1. The third-order valence-corrected chi connectivity index (χ3v) is 4.24. The van der Waals surface area contributed by atoms with E-state index in [-0.39, 0.29) is 5.91 Å². The van der Waals surface area contributed by atoms with E-state index in [1.807, 2.05) is 6.07 Å². The molecular formula is C17H16N4O. The number of nitrogens with zero attached hydrogens (tertiary/aromatic N) is 3. The van der Waals surface area contributed by atoms with Gasteiger partial charge in [-0.15, -0.1) is 0 Å². The fraction of sp³-hybridized carbons (Fsp3) is 0.235. The summed E-state index contributed by atoms with van der Waals surface area (Å²) in [6, 6.07) is 7.80. The number of aromatic amines is 1. The molecule has 0 unspecified atom stereocenters. The standard InChI is InChI=1S/C17H16N4O/c1-10-6-13-14(7-11(10)2)20-16(19-13)9-21-8-15-12(17(21)22)4-3-5-18-15/h3-7H,8-9H2,1-2H3,(H,19,20). The van der Waals surface area contributed by atoms with Gasteiger partial charge in [0.2, 0.25) is 0 Å². The van der Waals surface area contributed by atoms with Gasteiger partial charge in [0.1, 0.15) is 5.82 Å². The van der Waals surface area contributed by atoms with Gasteiger partial charge in [-0.2, -0.15) is 0 Å². The average molecular weight is 292 g/mol. The van der Waals surface area contributed by atoms with Crippen LogP contribution in [0.5, 0.6) is 0 Å². The second-order valence-electron chi connectivity index (χ2n) is 5.80. The lowest BCUT2D eigenvalue weighted by atomic mass is 10.1. The summed E-state index contributed by atoms with van der Waals surface area (Å²) in [7, 11) is 0. The lowest BCUT2D eigenvalue weighted by Gasteiger charge is -2.12. The summed E-state index contributed by atoms with van der Waals surface area (Å²) in [5.41, 5.74) is 5.96. The number of imidazole rings is 1. The maximum absolute atomic E-state index is 12.4. The Morgan fingerprint density at radius 1 is 1.27 bits per heavy atom. The third kappa shape index (κ3) is 1.97. The molecule has 1 aliphatic heterocycles. The Kier molecular flexibility index (Phi) is 2.76. The van der Waals surface area contributed by atoms with E-state index in [4.69, 9.17) is 0 Å². The molecule has 1 N–H and O–H groups in total. The highest BCUT2D eigenvalue weighted by Gasteiger charge is 2.28. The number of amides is 1. The molecule has 0 saturated heterocycles. The molecule has 0 spiro atoms. The van der Waals surface area contributed by atoms with Gasteiger partial charge in [-0.25, -0.2) is 4.98 Å². The summed E-state index contributed by atoms with van der Waals surface area (Å²) in [4.78, 5) is 26.3. The monoisotopic (exact) mass is 292 g/mol. The SMILES string of the molecule is Cc1cc2nc(CN3Cc4ncccc4C3=O)[nH]c2cc1C. The zero-order valence-corrected chi connectivity index (χ0v) is 12.6.